The Labute approximate surface area is 124 Å². The third-order valence-electron chi connectivity index (χ3n) is 4.57. The maximum atomic E-state index is 11.3. The number of primary amides is 1. The lowest BCUT2D eigenvalue weighted by Crippen LogP contribution is -2.31. The number of hydrogen-bond donors (Lipinski definition) is 2. The average Bonchev–Trinajstić information content (AvgIpc) is 2.90. The second kappa shape index (κ2) is 5.41. The number of nitrogens with one attached hydrogen (secondary N) is 1. The van der Waals surface area contributed by atoms with Crippen molar-refractivity contribution in [3.8, 4) is 0 Å². The second-order valence-electron chi connectivity index (χ2n) is 5.95. The van der Waals surface area contributed by atoms with Gasteiger partial charge in [0.05, 0.1) is 0 Å². The van der Waals surface area contributed by atoms with E-state index in [0.717, 1.165) is 24.3 Å². The van der Waals surface area contributed by atoms with Crippen molar-refractivity contribution < 1.29 is 4.79 Å². The van der Waals surface area contributed by atoms with Crippen LogP contribution in [-0.2, 0) is 0 Å². The summed E-state index contributed by atoms with van der Waals surface area (Å²) in [4.78, 5) is 18.5. The number of hydrogen-bond acceptors (Lipinski definition) is 2. The van der Waals surface area contributed by atoms with Crippen molar-refractivity contribution in [1.29, 1.82) is 0 Å². The van der Waals surface area contributed by atoms with Crippen LogP contribution in [0.4, 0.5) is 10.5 Å². The molecule has 2 heterocycles. The zero-order valence-corrected chi connectivity index (χ0v) is 12.6. The van der Waals surface area contributed by atoms with Crippen LogP contribution in [0.3, 0.4) is 0 Å². The van der Waals surface area contributed by atoms with Crippen molar-refractivity contribution in [2.75, 3.05) is 32.1 Å². The smallest absolute Gasteiger partial charge is 0.318 e. The lowest BCUT2D eigenvalue weighted by molar-refractivity contribution is 0.255. The molecule has 1 aromatic heterocycles. The Morgan fingerprint density at radius 3 is 2.76 bits per heavy atom. The minimum absolute atomic E-state index is 0.439. The standard InChI is InChI=1S/C16H22N4O/c1-19-7-5-11(6-8-19)14-10-18-15-4-3-12(9-13(14)15)20(2)16(17)21/h3-4,9-11,18H,5-8H2,1-2H3,(H2,17,21). The van der Waals surface area contributed by atoms with Crippen molar-refractivity contribution in [2.24, 2.45) is 5.73 Å². The highest BCUT2D eigenvalue weighted by Gasteiger charge is 2.21. The first kappa shape index (κ1) is 13.9. The number of urea groups is 1. The van der Waals surface area contributed by atoms with E-state index in [2.05, 4.69) is 29.2 Å². The molecule has 0 bridgehead atoms. The number of aromatic amines is 1. The van der Waals surface area contributed by atoms with E-state index in [1.165, 1.54) is 28.7 Å². The topological polar surface area (TPSA) is 65.4 Å². The number of carbonyl (C=O) groups excluding carboxylic acids is 1. The Kier molecular flexibility index (Phi) is 3.59. The molecule has 1 aliphatic rings. The number of piperidine rings is 1. The third-order valence-corrected chi connectivity index (χ3v) is 4.57. The highest BCUT2D eigenvalue weighted by atomic mass is 16.2. The number of nitrogens with two attached hydrogens (primary N) is 1. The summed E-state index contributed by atoms with van der Waals surface area (Å²) in [5.41, 5.74) is 8.67. The van der Waals surface area contributed by atoms with E-state index >= 15 is 0 Å². The quantitative estimate of drug-likeness (QED) is 0.890. The second-order valence-corrected chi connectivity index (χ2v) is 5.95. The monoisotopic (exact) mass is 286 g/mol. The van der Waals surface area contributed by atoms with Gasteiger partial charge in [-0.25, -0.2) is 4.79 Å². The van der Waals surface area contributed by atoms with E-state index in [1.807, 2.05) is 12.1 Å². The Hall–Kier alpha value is -2.01. The van der Waals surface area contributed by atoms with Crippen LogP contribution in [-0.4, -0.2) is 43.1 Å². The Bertz CT molecular complexity index is 655. The first-order valence-corrected chi connectivity index (χ1v) is 7.39. The van der Waals surface area contributed by atoms with E-state index < -0.39 is 6.03 Å². The zero-order valence-electron chi connectivity index (χ0n) is 12.6. The number of anilines is 1. The maximum Gasteiger partial charge on any atom is 0.318 e. The van der Waals surface area contributed by atoms with Gasteiger partial charge in [-0.2, -0.15) is 0 Å². The molecule has 0 unspecified atom stereocenters. The number of carbonyl (C=O) groups is 1. The predicted octanol–water partition coefficient (Wildman–Crippen LogP) is 2.49. The van der Waals surface area contributed by atoms with Crippen molar-refractivity contribution >= 4 is 22.6 Å². The van der Waals surface area contributed by atoms with Gasteiger partial charge in [0.25, 0.3) is 0 Å². The normalized spacial score (nSPS) is 17.2. The molecular weight excluding hydrogens is 264 g/mol. The van der Waals surface area contributed by atoms with Gasteiger partial charge < -0.3 is 15.6 Å². The third kappa shape index (κ3) is 2.61. The molecule has 2 aromatic rings. The van der Waals surface area contributed by atoms with Gasteiger partial charge >= 0.3 is 6.03 Å². The van der Waals surface area contributed by atoms with Crippen LogP contribution in [0.1, 0.15) is 24.3 Å². The Balaban J connectivity index is 1.96. The van der Waals surface area contributed by atoms with E-state index in [4.69, 9.17) is 5.73 Å². The van der Waals surface area contributed by atoms with Crippen LogP contribution < -0.4 is 10.6 Å². The van der Waals surface area contributed by atoms with E-state index in [9.17, 15) is 4.79 Å². The molecule has 112 valence electrons. The number of fused-ring (bicyclic) bond motifs is 1. The minimum Gasteiger partial charge on any atom is -0.361 e. The van der Waals surface area contributed by atoms with Crippen LogP contribution >= 0.6 is 0 Å². The number of likely N-dealkylation sites (tertiary alicyclic amines) is 1. The largest absolute Gasteiger partial charge is 0.361 e. The van der Waals surface area contributed by atoms with Gasteiger partial charge in [-0.3, -0.25) is 4.90 Å². The maximum absolute atomic E-state index is 11.3. The lowest BCUT2D eigenvalue weighted by Gasteiger charge is -2.28. The first-order valence-electron chi connectivity index (χ1n) is 7.39. The highest BCUT2D eigenvalue weighted by molar-refractivity contribution is 5.94. The van der Waals surface area contributed by atoms with Crippen LogP contribution in [0.15, 0.2) is 24.4 Å². The molecule has 0 spiro atoms. The van der Waals surface area contributed by atoms with Crippen LogP contribution in [0.2, 0.25) is 0 Å². The lowest BCUT2D eigenvalue weighted by atomic mass is 9.89. The highest BCUT2D eigenvalue weighted by Crippen LogP contribution is 2.34. The summed E-state index contributed by atoms with van der Waals surface area (Å²) >= 11 is 0. The summed E-state index contributed by atoms with van der Waals surface area (Å²) in [6, 6.07) is 5.56. The van der Waals surface area contributed by atoms with Crippen molar-refractivity contribution in [1.82, 2.24) is 9.88 Å². The number of benzene rings is 1. The summed E-state index contributed by atoms with van der Waals surface area (Å²) in [6.45, 7) is 2.27. The van der Waals surface area contributed by atoms with Gasteiger partial charge in [-0.15, -0.1) is 0 Å². The molecule has 1 aliphatic heterocycles. The van der Waals surface area contributed by atoms with Gasteiger partial charge in [0.2, 0.25) is 0 Å². The molecule has 5 heteroatoms. The molecule has 5 nitrogen and oxygen atoms in total. The molecule has 0 saturated carbocycles. The molecule has 2 amide bonds. The summed E-state index contributed by atoms with van der Waals surface area (Å²) in [7, 11) is 3.87. The van der Waals surface area contributed by atoms with Crippen molar-refractivity contribution in [3.05, 3.63) is 30.0 Å². The van der Waals surface area contributed by atoms with Gasteiger partial charge in [-0.1, -0.05) is 0 Å². The number of H-pyrrole nitrogens is 1. The van der Waals surface area contributed by atoms with Crippen molar-refractivity contribution in [2.45, 2.75) is 18.8 Å². The number of amides is 2. The van der Waals surface area contributed by atoms with Gasteiger partial charge in [0.1, 0.15) is 0 Å². The van der Waals surface area contributed by atoms with Crippen LogP contribution in [0, 0.1) is 0 Å². The van der Waals surface area contributed by atoms with Gasteiger partial charge in [0.15, 0.2) is 0 Å². The van der Waals surface area contributed by atoms with Crippen molar-refractivity contribution in [3.63, 3.8) is 0 Å². The summed E-state index contributed by atoms with van der Waals surface area (Å²) in [5.74, 6) is 0.587. The van der Waals surface area contributed by atoms with E-state index in [0.29, 0.717) is 5.92 Å². The molecular formula is C16H22N4O. The van der Waals surface area contributed by atoms with Gasteiger partial charge in [-0.05, 0) is 62.7 Å². The fourth-order valence-electron chi connectivity index (χ4n) is 3.12. The van der Waals surface area contributed by atoms with Gasteiger partial charge in [0, 0.05) is 29.8 Å². The molecule has 21 heavy (non-hydrogen) atoms. The number of aromatic nitrogens is 1. The molecule has 0 atom stereocenters. The number of nitrogens with zero attached hydrogens (tertiary/aromatic N) is 2. The number of rotatable bonds is 2. The average molecular weight is 286 g/mol. The van der Waals surface area contributed by atoms with E-state index in [-0.39, 0.29) is 0 Å². The fraction of sp³-hybridized carbons (Fsp3) is 0.438. The molecule has 0 radical (unpaired) electrons. The zero-order chi connectivity index (χ0) is 15.0. The molecule has 3 rings (SSSR count). The molecule has 1 fully saturated rings. The molecule has 1 aromatic carbocycles. The molecule has 1 saturated heterocycles. The molecule has 0 aliphatic carbocycles. The van der Waals surface area contributed by atoms with E-state index in [1.54, 1.807) is 7.05 Å². The Morgan fingerprint density at radius 1 is 1.38 bits per heavy atom. The SMILES string of the molecule is CN1CCC(c2c[nH]c3ccc(N(C)C(N)=O)cc23)CC1. The summed E-state index contributed by atoms with van der Waals surface area (Å²) in [6.07, 6.45) is 4.48. The van der Waals surface area contributed by atoms with Crippen LogP contribution in [0.5, 0.6) is 0 Å². The molecule has 3 N–H and O–H groups in total. The predicted molar refractivity (Wildman–Crippen MR) is 85.8 cm³/mol. The summed E-state index contributed by atoms with van der Waals surface area (Å²) in [5, 5.41) is 1.20. The fourth-order valence-corrected chi connectivity index (χ4v) is 3.12. The summed E-state index contributed by atoms with van der Waals surface area (Å²) < 4.78 is 0. The van der Waals surface area contributed by atoms with Crippen LogP contribution in [0.25, 0.3) is 10.9 Å². The minimum atomic E-state index is -0.439. The first-order chi connectivity index (χ1) is 10.1. The Morgan fingerprint density at radius 2 is 2.10 bits per heavy atom.